The van der Waals surface area contributed by atoms with Gasteiger partial charge in [0.05, 0.1) is 6.61 Å². The second kappa shape index (κ2) is 7.43. The normalized spacial score (nSPS) is 11.4. The predicted octanol–water partition coefficient (Wildman–Crippen LogP) is 3.48. The van der Waals surface area contributed by atoms with Crippen molar-refractivity contribution in [2.45, 2.75) is 19.5 Å². The van der Waals surface area contributed by atoms with Crippen molar-refractivity contribution in [2.75, 3.05) is 30.5 Å². The van der Waals surface area contributed by atoms with Gasteiger partial charge in [0.1, 0.15) is 6.54 Å². The van der Waals surface area contributed by atoms with Gasteiger partial charge < -0.3 is 9.64 Å². The van der Waals surface area contributed by atoms with E-state index < -0.39 is 12.7 Å². The molecule has 0 bridgehead atoms. The third-order valence-electron chi connectivity index (χ3n) is 2.24. The van der Waals surface area contributed by atoms with Crippen molar-refractivity contribution in [1.82, 2.24) is 4.98 Å². The molecule has 108 valence electrons. The van der Waals surface area contributed by atoms with Crippen LogP contribution in [0.2, 0.25) is 0 Å². The predicted molar refractivity (Wildman–Crippen MR) is 69.0 cm³/mol. The minimum Gasteiger partial charge on any atom is -0.490 e. The van der Waals surface area contributed by atoms with Crippen molar-refractivity contribution in [3.8, 4) is 5.75 Å². The Kier molecular flexibility index (Phi) is 6.21. The summed E-state index contributed by atoms with van der Waals surface area (Å²) >= 11 is 5.55. The summed E-state index contributed by atoms with van der Waals surface area (Å²) in [5, 5.41) is 0. The first-order valence-corrected chi connectivity index (χ1v) is 6.47. The number of hydrogen-bond donors (Lipinski definition) is 0. The van der Waals surface area contributed by atoms with E-state index in [4.69, 9.17) is 16.3 Å². The van der Waals surface area contributed by atoms with Gasteiger partial charge in [-0.05, 0) is 18.6 Å². The Labute approximate surface area is 115 Å². The molecule has 0 fully saturated rings. The number of hydrogen-bond acceptors (Lipinski definition) is 3. The van der Waals surface area contributed by atoms with Gasteiger partial charge in [-0.3, -0.25) is 0 Å². The Balaban J connectivity index is 2.94. The summed E-state index contributed by atoms with van der Waals surface area (Å²) in [5.41, 5.74) is 0. The molecule has 1 rings (SSSR count). The summed E-state index contributed by atoms with van der Waals surface area (Å²) in [4.78, 5) is 5.06. The van der Waals surface area contributed by atoms with Gasteiger partial charge in [0.15, 0.2) is 11.6 Å². The highest BCUT2D eigenvalue weighted by Crippen LogP contribution is 2.28. The Bertz CT molecular complexity index is 387. The van der Waals surface area contributed by atoms with Crippen molar-refractivity contribution in [2.24, 2.45) is 0 Å². The molecule has 0 saturated heterocycles. The maximum atomic E-state index is 12.5. The zero-order chi connectivity index (χ0) is 14.3. The maximum absolute atomic E-state index is 12.5. The van der Waals surface area contributed by atoms with E-state index in [0.29, 0.717) is 12.4 Å². The Morgan fingerprint density at radius 1 is 1.42 bits per heavy atom. The van der Waals surface area contributed by atoms with Gasteiger partial charge in [-0.25, -0.2) is 4.98 Å². The second-order valence-electron chi connectivity index (χ2n) is 3.90. The first-order valence-electron chi connectivity index (χ1n) is 5.93. The van der Waals surface area contributed by atoms with Crippen molar-refractivity contribution in [1.29, 1.82) is 0 Å². The fraction of sp³-hybridized carbons (Fsp3) is 0.583. The molecule has 0 aliphatic heterocycles. The van der Waals surface area contributed by atoms with E-state index in [9.17, 15) is 13.2 Å². The lowest BCUT2D eigenvalue weighted by molar-refractivity contribution is -0.119. The average Bonchev–Trinajstić information content (AvgIpc) is 2.34. The first-order chi connectivity index (χ1) is 8.98. The number of pyridine rings is 1. The van der Waals surface area contributed by atoms with Crippen LogP contribution in [0.3, 0.4) is 0 Å². The molecule has 19 heavy (non-hydrogen) atoms. The quantitative estimate of drug-likeness (QED) is 0.720. The SMILES string of the molecule is CCCOc1cccnc1N(CCCl)CC(F)(F)F. The van der Waals surface area contributed by atoms with Crippen molar-refractivity contribution in [3.63, 3.8) is 0 Å². The van der Waals surface area contributed by atoms with Gasteiger partial charge in [-0.1, -0.05) is 6.92 Å². The number of anilines is 1. The lowest BCUT2D eigenvalue weighted by Gasteiger charge is -2.25. The van der Waals surface area contributed by atoms with Crippen LogP contribution in [0, 0.1) is 0 Å². The average molecular weight is 297 g/mol. The zero-order valence-electron chi connectivity index (χ0n) is 10.6. The second-order valence-corrected chi connectivity index (χ2v) is 4.28. The lowest BCUT2D eigenvalue weighted by atomic mass is 10.3. The van der Waals surface area contributed by atoms with E-state index in [1.54, 1.807) is 12.1 Å². The molecule has 3 nitrogen and oxygen atoms in total. The van der Waals surface area contributed by atoms with Gasteiger partial charge in [0.2, 0.25) is 0 Å². The molecule has 0 saturated carbocycles. The lowest BCUT2D eigenvalue weighted by Crippen LogP contribution is -2.36. The van der Waals surface area contributed by atoms with Crippen molar-refractivity contribution in [3.05, 3.63) is 18.3 Å². The molecule has 0 aliphatic carbocycles. The third kappa shape index (κ3) is 5.55. The largest absolute Gasteiger partial charge is 0.490 e. The fourth-order valence-electron chi connectivity index (χ4n) is 1.52. The number of nitrogens with zero attached hydrogens (tertiary/aromatic N) is 2. The molecule has 1 aromatic heterocycles. The highest BCUT2D eigenvalue weighted by molar-refractivity contribution is 6.18. The van der Waals surface area contributed by atoms with Gasteiger partial charge in [-0.2, -0.15) is 13.2 Å². The Morgan fingerprint density at radius 2 is 2.16 bits per heavy atom. The Hall–Kier alpha value is -1.17. The van der Waals surface area contributed by atoms with Gasteiger partial charge >= 0.3 is 6.18 Å². The fourth-order valence-corrected chi connectivity index (χ4v) is 1.73. The summed E-state index contributed by atoms with van der Waals surface area (Å²) in [7, 11) is 0. The molecule has 1 heterocycles. The summed E-state index contributed by atoms with van der Waals surface area (Å²) in [5.74, 6) is 0.604. The van der Waals surface area contributed by atoms with Crippen LogP contribution in [0.4, 0.5) is 19.0 Å². The smallest absolute Gasteiger partial charge is 0.405 e. The third-order valence-corrected chi connectivity index (χ3v) is 2.41. The minimum absolute atomic E-state index is 0.0561. The molecular weight excluding hydrogens is 281 g/mol. The van der Waals surface area contributed by atoms with E-state index in [1.807, 2.05) is 6.92 Å². The van der Waals surface area contributed by atoms with Crippen LogP contribution in [0.1, 0.15) is 13.3 Å². The van der Waals surface area contributed by atoms with E-state index in [2.05, 4.69) is 4.98 Å². The molecule has 0 aliphatic rings. The van der Waals surface area contributed by atoms with Crippen molar-refractivity contribution >= 4 is 17.4 Å². The highest BCUT2D eigenvalue weighted by Gasteiger charge is 2.32. The standard InChI is InChI=1S/C12H16ClF3N2O/c1-2-8-19-10-4-3-6-17-11(10)18(7-5-13)9-12(14,15)16/h3-4,6H,2,5,7-9H2,1H3. The monoisotopic (exact) mass is 296 g/mol. The van der Waals surface area contributed by atoms with E-state index in [0.717, 1.165) is 11.3 Å². The molecule has 0 radical (unpaired) electrons. The molecule has 1 aromatic rings. The van der Waals surface area contributed by atoms with Crippen LogP contribution < -0.4 is 9.64 Å². The molecule has 0 unspecified atom stereocenters. The maximum Gasteiger partial charge on any atom is 0.405 e. The number of ether oxygens (including phenoxy) is 1. The van der Waals surface area contributed by atoms with Crippen LogP contribution in [-0.2, 0) is 0 Å². The molecule has 0 spiro atoms. The van der Waals surface area contributed by atoms with E-state index in [1.165, 1.54) is 6.20 Å². The highest BCUT2D eigenvalue weighted by atomic mass is 35.5. The van der Waals surface area contributed by atoms with Crippen LogP contribution in [-0.4, -0.2) is 36.7 Å². The van der Waals surface area contributed by atoms with Crippen LogP contribution in [0.5, 0.6) is 5.75 Å². The number of alkyl halides is 4. The number of rotatable bonds is 7. The van der Waals surface area contributed by atoms with E-state index >= 15 is 0 Å². The van der Waals surface area contributed by atoms with Crippen LogP contribution in [0.15, 0.2) is 18.3 Å². The van der Waals surface area contributed by atoms with Crippen molar-refractivity contribution < 1.29 is 17.9 Å². The van der Waals surface area contributed by atoms with Crippen LogP contribution >= 0.6 is 11.6 Å². The summed E-state index contributed by atoms with van der Waals surface area (Å²) in [6.07, 6.45) is -2.11. The minimum atomic E-state index is -4.31. The summed E-state index contributed by atoms with van der Waals surface area (Å²) < 4.78 is 43.0. The molecule has 0 N–H and O–H groups in total. The van der Waals surface area contributed by atoms with E-state index in [-0.39, 0.29) is 18.2 Å². The van der Waals surface area contributed by atoms with Gasteiger partial charge in [0, 0.05) is 18.6 Å². The molecular formula is C12H16ClF3N2O. The van der Waals surface area contributed by atoms with Gasteiger partial charge in [0.25, 0.3) is 0 Å². The van der Waals surface area contributed by atoms with Crippen LogP contribution in [0.25, 0.3) is 0 Å². The molecule has 0 aromatic carbocycles. The Morgan fingerprint density at radius 3 is 2.74 bits per heavy atom. The number of aromatic nitrogens is 1. The molecule has 0 atom stereocenters. The summed E-state index contributed by atoms with van der Waals surface area (Å²) in [6, 6.07) is 3.23. The molecule has 7 heteroatoms. The molecule has 0 amide bonds. The summed E-state index contributed by atoms with van der Waals surface area (Å²) in [6.45, 7) is 1.31. The zero-order valence-corrected chi connectivity index (χ0v) is 11.3. The topological polar surface area (TPSA) is 25.4 Å². The number of halogens is 4. The first kappa shape index (κ1) is 15.9. The van der Waals surface area contributed by atoms with Gasteiger partial charge in [-0.15, -0.1) is 11.6 Å².